The smallest absolute Gasteiger partial charge is 0.0541 e. The Morgan fingerprint density at radius 2 is 2.00 bits per heavy atom. The number of hydrogen-bond donors (Lipinski definition) is 3. The molecule has 15 heavy (non-hydrogen) atoms. The minimum Gasteiger partial charge on any atom is -0.393 e. The predicted molar refractivity (Wildman–Crippen MR) is 60.6 cm³/mol. The summed E-state index contributed by atoms with van der Waals surface area (Å²) in [5.41, 5.74) is 9.76. The Hall–Kier alpha value is -0.800. The monoisotopic (exact) mass is 208 g/mol. The molecule has 3 heteroatoms. The van der Waals surface area contributed by atoms with Crippen molar-refractivity contribution in [1.82, 2.24) is 4.98 Å². The lowest BCUT2D eigenvalue weighted by molar-refractivity contribution is 0.0967. The van der Waals surface area contributed by atoms with Gasteiger partial charge < -0.3 is 15.8 Å². The van der Waals surface area contributed by atoms with Crippen molar-refractivity contribution in [2.24, 2.45) is 5.73 Å². The third-order valence-corrected chi connectivity index (χ3v) is 3.53. The molecule has 2 rings (SSSR count). The fraction of sp³-hybridized carbons (Fsp3) is 0.667. The summed E-state index contributed by atoms with van der Waals surface area (Å²) in [6.45, 7) is 4.12. The standard InChI is InChI=1S/C12H20N2O/c1-8-7-11(9(2)14-8)12(13)5-3-10(15)4-6-12/h7,10,14-15H,3-6,13H2,1-2H3. The highest BCUT2D eigenvalue weighted by Crippen LogP contribution is 2.36. The molecule has 0 unspecified atom stereocenters. The number of aryl methyl sites for hydroxylation is 2. The van der Waals surface area contributed by atoms with Crippen molar-refractivity contribution in [3.63, 3.8) is 0 Å². The molecule has 0 atom stereocenters. The zero-order valence-corrected chi connectivity index (χ0v) is 9.51. The zero-order chi connectivity index (χ0) is 11.1. The quantitative estimate of drug-likeness (QED) is 0.658. The molecule has 3 nitrogen and oxygen atoms in total. The highest BCUT2D eigenvalue weighted by atomic mass is 16.3. The van der Waals surface area contributed by atoms with Crippen LogP contribution in [-0.2, 0) is 5.54 Å². The van der Waals surface area contributed by atoms with Gasteiger partial charge in [-0.15, -0.1) is 0 Å². The molecule has 1 fully saturated rings. The van der Waals surface area contributed by atoms with E-state index < -0.39 is 0 Å². The summed E-state index contributed by atoms with van der Waals surface area (Å²) in [6.07, 6.45) is 3.25. The van der Waals surface area contributed by atoms with Crippen molar-refractivity contribution in [2.45, 2.75) is 51.2 Å². The van der Waals surface area contributed by atoms with E-state index in [9.17, 15) is 5.11 Å². The van der Waals surface area contributed by atoms with Crippen LogP contribution in [0.15, 0.2) is 6.07 Å². The molecule has 0 radical (unpaired) electrons. The van der Waals surface area contributed by atoms with Crippen molar-refractivity contribution in [2.75, 3.05) is 0 Å². The maximum Gasteiger partial charge on any atom is 0.0541 e. The molecule has 4 N–H and O–H groups in total. The van der Waals surface area contributed by atoms with Gasteiger partial charge in [-0.3, -0.25) is 0 Å². The number of H-pyrrole nitrogens is 1. The molecule has 0 saturated heterocycles. The van der Waals surface area contributed by atoms with Gasteiger partial charge in [0.2, 0.25) is 0 Å². The minimum atomic E-state index is -0.228. The minimum absolute atomic E-state index is 0.151. The second kappa shape index (κ2) is 3.65. The molecule has 0 amide bonds. The first-order chi connectivity index (χ1) is 7.01. The van der Waals surface area contributed by atoms with E-state index in [1.807, 2.05) is 0 Å². The van der Waals surface area contributed by atoms with Crippen molar-refractivity contribution in [3.05, 3.63) is 23.0 Å². The topological polar surface area (TPSA) is 62.0 Å². The highest BCUT2D eigenvalue weighted by Gasteiger charge is 2.34. The Morgan fingerprint density at radius 3 is 2.47 bits per heavy atom. The fourth-order valence-corrected chi connectivity index (χ4v) is 2.63. The number of hydrogen-bond acceptors (Lipinski definition) is 2. The second-order valence-corrected chi connectivity index (χ2v) is 4.88. The summed E-state index contributed by atoms with van der Waals surface area (Å²) in [5, 5.41) is 9.50. The van der Waals surface area contributed by atoms with E-state index in [4.69, 9.17) is 5.73 Å². The maximum absolute atomic E-state index is 9.50. The van der Waals surface area contributed by atoms with Gasteiger partial charge >= 0.3 is 0 Å². The lowest BCUT2D eigenvalue weighted by Gasteiger charge is -2.35. The molecule has 0 aromatic carbocycles. The van der Waals surface area contributed by atoms with Gasteiger partial charge in [-0.1, -0.05) is 0 Å². The normalized spacial score (nSPS) is 31.9. The maximum atomic E-state index is 9.50. The average Bonchev–Trinajstić information content (AvgIpc) is 2.52. The van der Waals surface area contributed by atoms with Crippen molar-refractivity contribution in [1.29, 1.82) is 0 Å². The van der Waals surface area contributed by atoms with E-state index in [1.165, 1.54) is 17.0 Å². The molecule has 0 spiro atoms. The fourth-order valence-electron chi connectivity index (χ4n) is 2.63. The lowest BCUT2D eigenvalue weighted by atomic mass is 9.76. The third-order valence-electron chi connectivity index (χ3n) is 3.53. The van der Waals surface area contributed by atoms with Gasteiger partial charge in [-0.05, 0) is 51.2 Å². The van der Waals surface area contributed by atoms with E-state index in [0.29, 0.717) is 0 Å². The molecule has 84 valence electrons. The van der Waals surface area contributed by atoms with Crippen LogP contribution in [-0.4, -0.2) is 16.2 Å². The zero-order valence-electron chi connectivity index (χ0n) is 9.51. The van der Waals surface area contributed by atoms with Gasteiger partial charge in [0.05, 0.1) is 6.10 Å². The van der Waals surface area contributed by atoms with Crippen LogP contribution in [0.3, 0.4) is 0 Å². The van der Waals surface area contributed by atoms with Crippen LogP contribution in [0.4, 0.5) is 0 Å². The van der Waals surface area contributed by atoms with Gasteiger partial charge in [-0.2, -0.15) is 0 Å². The number of aliphatic hydroxyl groups is 1. The molecule has 1 aromatic rings. The first kappa shape index (κ1) is 10.7. The average molecular weight is 208 g/mol. The van der Waals surface area contributed by atoms with E-state index >= 15 is 0 Å². The largest absolute Gasteiger partial charge is 0.393 e. The number of aliphatic hydroxyl groups excluding tert-OH is 1. The highest BCUT2D eigenvalue weighted by molar-refractivity contribution is 5.32. The number of nitrogens with two attached hydrogens (primary N) is 1. The van der Waals surface area contributed by atoms with Crippen molar-refractivity contribution < 1.29 is 5.11 Å². The second-order valence-electron chi connectivity index (χ2n) is 4.88. The van der Waals surface area contributed by atoms with E-state index in [2.05, 4.69) is 24.9 Å². The van der Waals surface area contributed by atoms with Crippen LogP contribution in [0.5, 0.6) is 0 Å². The Bertz CT molecular complexity index is 349. The van der Waals surface area contributed by atoms with Crippen LogP contribution >= 0.6 is 0 Å². The Labute approximate surface area is 90.7 Å². The van der Waals surface area contributed by atoms with Gasteiger partial charge in [0.15, 0.2) is 0 Å². The molecule has 1 heterocycles. The molecular weight excluding hydrogens is 188 g/mol. The summed E-state index contributed by atoms with van der Waals surface area (Å²) in [5.74, 6) is 0. The van der Waals surface area contributed by atoms with E-state index in [-0.39, 0.29) is 11.6 Å². The molecule has 1 aliphatic carbocycles. The number of aromatic nitrogens is 1. The van der Waals surface area contributed by atoms with Gasteiger partial charge in [0, 0.05) is 16.9 Å². The Balaban J connectivity index is 2.25. The number of rotatable bonds is 1. The van der Waals surface area contributed by atoms with Gasteiger partial charge in [0.1, 0.15) is 0 Å². The van der Waals surface area contributed by atoms with Gasteiger partial charge in [-0.25, -0.2) is 0 Å². The molecular formula is C12H20N2O. The summed E-state index contributed by atoms with van der Waals surface area (Å²) in [6, 6.07) is 2.15. The van der Waals surface area contributed by atoms with Crippen LogP contribution in [0, 0.1) is 13.8 Å². The Kier molecular flexibility index (Phi) is 2.61. The summed E-state index contributed by atoms with van der Waals surface area (Å²) < 4.78 is 0. The van der Waals surface area contributed by atoms with E-state index in [1.54, 1.807) is 0 Å². The SMILES string of the molecule is Cc1cc(C2(N)CCC(O)CC2)c(C)[nH]1. The van der Waals surface area contributed by atoms with Crippen LogP contribution < -0.4 is 5.73 Å². The van der Waals surface area contributed by atoms with Gasteiger partial charge in [0.25, 0.3) is 0 Å². The van der Waals surface area contributed by atoms with Crippen LogP contribution in [0.2, 0.25) is 0 Å². The molecule has 0 aliphatic heterocycles. The van der Waals surface area contributed by atoms with Crippen molar-refractivity contribution in [3.8, 4) is 0 Å². The first-order valence-corrected chi connectivity index (χ1v) is 5.65. The van der Waals surface area contributed by atoms with Crippen LogP contribution in [0.1, 0.15) is 42.6 Å². The molecule has 1 aromatic heterocycles. The van der Waals surface area contributed by atoms with Crippen LogP contribution in [0.25, 0.3) is 0 Å². The molecule has 1 saturated carbocycles. The number of aromatic amines is 1. The summed E-state index contributed by atoms with van der Waals surface area (Å²) in [4.78, 5) is 3.30. The molecule has 1 aliphatic rings. The summed E-state index contributed by atoms with van der Waals surface area (Å²) >= 11 is 0. The van der Waals surface area contributed by atoms with E-state index in [0.717, 1.165) is 25.7 Å². The number of nitrogens with one attached hydrogen (secondary N) is 1. The van der Waals surface area contributed by atoms with Crippen molar-refractivity contribution >= 4 is 0 Å². The summed E-state index contributed by atoms with van der Waals surface area (Å²) in [7, 11) is 0. The lowest BCUT2D eigenvalue weighted by Crippen LogP contribution is -2.41. The predicted octanol–water partition coefficient (Wildman–Crippen LogP) is 1.72. The third kappa shape index (κ3) is 1.94. The first-order valence-electron chi connectivity index (χ1n) is 5.65. The Morgan fingerprint density at radius 1 is 1.40 bits per heavy atom. The molecule has 0 bridgehead atoms.